The summed E-state index contributed by atoms with van der Waals surface area (Å²) in [6, 6.07) is 0. The van der Waals surface area contributed by atoms with Crippen LogP contribution >= 0.6 is 12.4 Å². The number of hydrogen-bond acceptors (Lipinski definition) is 2. The van der Waals surface area contributed by atoms with Gasteiger partial charge in [0.1, 0.15) is 0 Å². The number of halogens is 1. The number of carbonyl (C=O) groups excluding carboxylic acids is 1. The molecule has 4 heteroatoms. The van der Waals surface area contributed by atoms with Gasteiger partial charge in [-0.05, 0) is 19.4 Å². The topological polar surface area (TPSA) is 69.1 Å². The Labute approximate surface area is 164 Å². The molecule has 0 aromatic heterocycles. The van der Waals surface area contributed by atoms with E-state index in [9.17, 15) is 4.79 Å². The van der Waals surface area contributed by atoms with Crippen molar-refractivity contribution in [3.63, 3.8) is 0 Å². The lowest BCUT2D eigenvalue weighted by Crippen LogP contribution is -2.09. The number of hydrogen-bond donors (Lipinski definition) is 2. The number of nitrogens with two attached hydrogens (primary N) is 2. The van der Waals surface area contributed by atoms with Crippen molar-refractivity contribution >= 4 is 18.3 Å². The van der Waals surface area contributed by atoms with Crippen LogP contribution in [0.3, 0.4) is 0 Å². The predicted molar refractivity (Wildman–Crippen MR) is 115 cm³/mol. The van der Waals surface area contributed by atoms with Gasteiger partial charge >= 0.3 is 0 Å². The third-order valence-electron chi connectivity index (χ3n) is 4.32. The highest BCUT2D eigenvalue weighted by molar-refractivity contribution is 5.85. The summed E-state index contributed by atoms with van der Waals surface area (Å²) < 4.78 is 0. The lowest BCUT2D eigenvalue weighted by molar-refractivity contribution is -0.118. The summed E-state index contributed by atoms with van der Waals surface area (Å²) in [7, 11) is 0. The molecular formula is C21H47ClN2O. The van der Waals surface area contributed by atoms with E-state index in [4.69, 9.17) is 11.5 Å². The first-order valence-electron chi connectivity index (χ1n) is 10.7. The van der Waals surface area contributed by atoms with Crippen LogP contribution in [-0.4, -0.2) is 12.5 Å². The molecule has 25 heavy (non-hydrogen) atoms. The van der Waals surface area contributed by atoms with E-state index in [-0.39, 0.29) is 18.3 Å². The van der Waals surface area contributed by atoms with Crippen LogP contribution in [0.25, 0.3) is 0 Å². The predicted octanol–water partition coefficient (Wildman–Crippen LogP) is 6.51. The molecule has 0 atom stereocenters. The molecule has 0 aliphatic carbocycles. The van der Waals surface area contributed by atoms with E-state index >= 15 is 0 Å². The Morgan fingerprint density at radius 3 is 1.12 bits per heavy atom. The molecule has 0 aliphatic rings. The lowest BCUT2D eigenvalue weighted by atomic mass is 10.0. The minimum absolute atomic E-state index is 0. The maximum absolute atomic E-state index is 10.6. The first kappa shape index (κ1) is 29.5. The van der Waals surface area contributed by atoms with Gasteiger partial charge in [-0.1, -0.05) is 104 Å². The molecule has 0 rings (SSSR count). The molecule has 0 heterocycles. The van der Waals surface area contributed by atoms with Gasteiger partial charge in [0.2, 0.25) is 5.91 Å². The van der Waals surface area contributed by atoms with Gasteiger partial charge in [-0.15, -0.1) is 12.4 Å². The summed E-state index contributed by atoms with van der Waals surface area (Å²) >= 11 is 0. The van der Waals surface area contributed by atoms with E-state index in [1.807, 2.05) is 0 Å². The molecular weight excluding hydrogens is 332 g/mol. The fraction of sp³-hybridized carbons (Fsp3) is 0.952. The van der Waals surface area contributed by atoms with Gasteiger partial charge < -0.3 is 11.5 Å². The van der Waals surface area contributed by atoms with Gasteiger partial charge in [-0.3, -0.25) is 4.79 Å². The Morgan fingerprint density at radius 1 is 0.600 bits per heavy atom. The van der Waals surface area contributed by atoms with Crippen molar-refractivity contribution in [2.24, 2.45) is 11.5 Å². The van der Waals surface area contributed by atoms with Crippen LogP contribution in [0.1, 0.15) is 123 Å². The zero-order chi connectivity index (χ0) is 18.3. The normalized spacial score (nSPS) is 9.88. The maximum Gasteiger partial charge on any atom is 0.217 e. The fourth-order valence-corrected chi connectivity index (χ4v) is 2.67. The highest BCUT2D eigenvalue weighted by atomic mass is 35.5. The summed E-state index contributed by atoms with van der Waals surface area (Å²) in [5.74, 6) is -0.153. The molecule has 0 radical (unpaired) electrons. The molecule has 0 fully saturated rings. The summed E-state index contributed by atoms with van der Waals surface area (Å²) in [5, 5.41) is 0. The van der Waals surface area contributed by atoms with Crippen molar-refractivity contribution in [2.45, 2.75) is 123 Å². The van der Waals surface area contributed by atoms with Crippen molar-refractivity contribution in [1.29, 1.82) is 0 Å². The van der Waals surface area contributed by atoms with Gasteiger partial charge in [0.15, 0.2) is 0 Å². The third kappa shape index (κ3) is 35.6. The van der Waals surface area contributed by atoms with E-state index in [1.54, 1.807) is 0 Å². The van der Waals surface area contributed by atoms with E-state index in [2.05, 4.69) is 13.8 Å². The average molecular weight is 379 g/mol. The van der Waals surface area contributed by atoms with Gasteiger partial charge in [0.05, 0.1) is 0 Å². The summed E-state index contributed by atoms with van der Waals surface area (Å²) in [6.45, 7) is 5.15. The number of unbranched alkanes of at least 4 members (excludes halogenated alkanes) is 14. The van der Waals surface area contributed by atoms with Crippen molar-refractivity contribution in [3.05, 3.63) is 0 Å². The highest BCUT2D eigenvalue weighted by Crippen LogP contribution is 2.13. The quantitative estimate of drug-likeness (QED) is 0.283. The Bertz CT molecular complexity index is 236. The van der Waals surface area contributed by atoms with Crippen LogP contribution < -0.4 is 11.5 Å². The van der Waals surface area contributed by atoms with Crippen LogP contribution in [0.4, 0.5) is 0 Å². The van der Waals surface area contributed by atoms with Crippen LogP contribution in [0, 0.1) is 0 Å². The third-order valence-corrected chi connectivity index (χ3v) is 4.32. The van der Waals surface area contributed by atoms with Gasteiger partial charge in [0, 0.05) is 6.42 Å². The minimum Gasteiger partial charge on any atom is -0.370 e. The number of carbonyl (C=O) groups is 1. The molecule has 0 spiro atoms. The standard InChI is InChI=1S/C18H37NO.C3H9N.ClH/c1-2-3-4-5-6-7-8-9-10-11-12-13-14-15-16-17-18(19)20;1-2-3-4;/h2-17H2,1H3,(H2,19,20);2-4H2,1H3;1H. The first-order chi connectivity index (χ1) is 11.7. The fourth-order valence-electron chi connectivity index (χ4n) is 2.67. The van der Waals surface area contributed by atoms with Crippen LogP contribution in [-0.2, 0) is 4.79 Å². The molecule has 3 nitrogen and oxygen atoms in total. The molecule has 0 bridgehead atoms. The molecule has 0 aromatic rings. The summed E-state index contributed by atoms with van der Waals surface area (Å²) in [4.78, 5) is 10.6. The molecule has 0 saturated carbocycles. The zero-order valence-corrected chi connectivity index (χ0v) is 18.0. The number of primary amides is 1. The number of rotatable bonds is 17. The van der Waals surface area contributed by atoms with Crippen molar-refractivity contribution in [3.8, 4) is 0 Å². The number of amides is 1. The molecule has 1 amide bonds. The maximum atomic E-state index is 10.6. The summed E-state index contributed by atoms with van der Waals surface area (Å²) in [6.07, 6.45) is 22.0. The SMILES string of the molecule is CCCCCCCCCCCCCCCCCC(N)=O.CCCN.Cl. The summed E-state index contributed by atoms with van der Waals surface area (Å²) in [5.41, 5.74) is 10.1. The lowest BCUT2D eigenvalue weighted by Gasteiger charge is -2.03. The second kappa shape index (κ2) is 28.5. The van der Waals surface area contributed by atoms with Crippen LogP contribution in [0.15, 0.2) is 0 Å². The largest absolute Gasteiger partial charge is 0.370 e. The average Bonchev–Trinajstić information content (AvgIpc) is 2.58. The van der Waals surface area contributed by atoms with Crippen LogP contribution in [0.2, 0.25) is 0 Å². The van der Waals surface area contributed by atoms with Crippen molar-refractivity contribution in [2.75, 3.05) is 6.54 Å². The van der Waals surface area contributed by atoms with Gasteiger partial charge in [0.25, 0.3) is 0 Å². The van der Waals surface area contributed by atoms with Gasteiger partial charge in [-0.2, -0.15) is 0 Å². The van der Waals surface area contributed by atoms with E-state index in [0.717, 1.165) is 19.4 Å². The Kier molecular flexibility index (Phi) is 33.6. The second-order valence-corrected chi connectivity index (χ2v) is 6.95. The molecule has 154 valence electrons. The molecule has 0 aliphatic heterocycles. The zero-order valence-electron chi connectivity index (χ0n) is 17.2. The molecule has 0 aromatic carbocycles. The smallest absolute Gasteiger partial charge is 0.217 e. The van der Waals surface area contributed by atoms with Gasteiger partial charge in [-0.25, -0.2) is 0 Å². The molecule has 0 unspecified atom stereocenters. The second-order valence-electron chi connectivity index (χ2n) is 6.95. The molecule has 0 saturated heterocycles. The van der Waals surface area contributed by atoms with Crippen molar-refractivity contribution in [1.82, 2.24) is 0 Å². The Morgan fingerprint density at radius 2 is 0.880 bits per heavy atom. The van der Waals surface area contributed by atoms with E-state index in [1.165, 1.54) is 89.9 Å². The highest BCUT2D eigenvalue weighted by Gasteiger charge is 1.96. The van der Waals surface area contributed by atoms with E-state index < -0.39 is 0 Å². The Hall–Kier alpha value is -0.280. The van der Waals surface area contributed by atoms with Crippen molar-refractivity contribution < 1.29 is 4.79 Å². The van der Waals surface area contributed by atoms with Crippen LogP contribution in [0.5, 0.6) is 0 Å². The van der Waals surface area contributed by atoms with E-state index in [0.29, 0.717) is 6.42 Å². The monoisotopic (exact) mass is 378 g/mol. The minimum atomic E-state index is -0.153. The Balaban J connectivity index is -0.000000867. The molecule has 4 N–H and O–H groups in total. The first-order valence-corrected chi connectivity index (χ1v) is 10.7.